The van der Waals surface area contributed by atoms with Crippen molar-refractivity contribution >= 4 is 16.7 Å². The number of anilines is 1. The van der Waals surface area contributed by atoms with Crippen LogP contribution < -0.4 is 11.3 Å². The zero-order valence-corrected chi connectivity index (χ0v) is 9.84. The number of nitrogens with one attached hydrogen (secondary N) is 1. The van der Waals surface area contributed by atoms with Crippen LogP contribution in [0.25, 0.3) is 22.2 Å². The second-order valence-electron chi connectivity index (χ2n) is 4.15. The summed E-state index contributed by atoms with van der Waals surface area (Å²) < 4.78 is 1.62. The Bertz CT molecular complexity index is 771. The SMILES string of the molecule is Cn1nc(N)c2c(=O)[nH]c(-c3ccccc3)cc21. The number of hydrogen-bond acceptors (Lipinski definition) is 3. The third-order valence-corrected chi connectivity index (χ3v) is 2.96. The molecule has 0 atom stereocenters. The number of nitrogen functional groups attached to an aromatic ring is 1. The highest BCUT2D eigenvalue weighted by Crippen LogP contribution is 2.21. The van der Waals surface area contributed by atoms with Gasteiger partial charge in [0.05, 0.1) is 11.2 Å². The molecule has 1 aromatic carbocycles. The van der Waals surface area contributed by atoms with E-state index in [1.807, 2.05) is 36.4 Å². The van der Waals surface area contributed by atoms with Crippen LogP contribution in [0.3, 0.4) is 0 Å². The predicted molar refractivity (Wildman–Crippen MR) is 71.2 cm³/mol. The van der Waals surface area contributed by atoms with Gasteiger partial charge in [-0.2, -0.15) is 5.10 Å². The van der Waals surface area contributed by atoms with Crippen LogP contribution in [0.4, 0.5) is 5.82 Å². The molecule has 5 nitrogen and oxygen atoms in total. The first-order valence-corrected chi connectivity index (χ1v) is 5.58. The van der Waals surface area contributed by atoms with E-state index >= 15 is 0 Å². The molecule has 0 aliphatic heterocycles. The minimum atomic E-state index is -0.211. The minimum absolute atomic E-state index is 0.211. The normalized spacial score (nSPS) is 10.9. The fraction of sp³-hybridized carbons (Fsp3) is 0.0769. The summed E-state index contributed by atoms with van der Waals surface area (Å²) in [5.41, 5.74) is 7.95. The van der Waals surface area contributed by atoms with Crippen molar-refractivity contribution in [2.24, 2.45) is 7.05 Å². The first-order chi connectivity index (χ1) is 8.66. The summed E-state index contributed by atoms with van der Waals surface area (Å²) in [6.07, 6.45) is 0. The molecule has 2 heterocycles. The number of hydrogen-bond donors (Lipinski definition) is 2. The number of H-pyrrole nitrogens is 1. The van der Waals surface area contributed by atoms with Crippen LogP contribution >= 0.6 is 0 Å². The number of nitrogens with zero attached hydrogens (tertiary/aromatic N) is 2. The van der Waals surface area contributed by atoms with Gasteiger partial charge in [0.2, 0.25) is 0 Å². The number of pyridine rings is 1. The van der Waals surface area contributed by atoms with Gasteiger partial charge in [-0.3, -0.25) is 9.48 Å². The van der Waals surface area contributed by atoms with E-state index in [0.717, 1.165) is 16.8 Å². The van der Waals surface area contributed by atoms with Crippen molar-refractivity contribution in [2.45, 2.75) is 0 Å². The van der Waals surface area contributed by atoms with Crippen LogP contribution in [0.5, 0.6) is 0 Å². The Hall–Kier alpha value is -2.56. The summed E-state index contributed by atoms with van der Waals surface area (Å²) in [5.74, 6) is 0.258. The van der Waals surface area contributed by atoms with E-state index in [4.69, 9.17) is 5.73 Å². The van der Waals surface area contributed by atoms with E-state index in [0.29, 0.717) is 5.39 Å². The van der Waals surface area contributed by atoms with Gasteiger partial charge in [-0.15, -0.1) is 0 Å². The lowest BCUT2D eigenvalue weighted by molar-refractivity contribution is 0.802. The maximum atomic E-state index is 12.0. The number of nitrogens with two attached hydrogens (primary N) is 1. The van der Waals surface area contributed by atoms with Crippen molar-refractivity contribution in [1.29, 1.82) is 0 Å². The van der Waals surface area contributed by atoms with Crippen molar-refractivity contribution in [2.75, 3.05) is 5.73 Å². The summed E-state index contributed by atoms with van der Waals surface area (Å²) in [6, 6.07) is 11.6. The molecule has 2 aromatic heterocycles. The van der Waals surface area contributed by atoms with Crippen molar-refractivity contribution in [3.63, 3.8) is 0 Å². The molecule has 0 saturated heterocycles. The fourth-order valence-electron chi connectivity index (χ4n) is 2.09. The van der Waals surface area contributed by atoms with Gasteiger partial charge >= 0.3 is 0 Å². The van der Waals surface area contributed by atoms with E-state index < -0.39 is 0 Å². The zero-order valence-electron chi connectivity index (χ0n) is 9.84. The molecule has 0 amide bonds. The van der Waals surface area contributed by atoms with Crippen molar-refractivity contribution < 1.29 is 0 Å². The van der Waals surface area contributed by atoms with Gasteiger partial charge in [0.1, 0.15) is 5.39 Å². The minimum Gasteiger partial charge on any atom is -0.382 e. The number of aromatic nitrogens is 3. The number of benzene rings is 1. The summed E-state index contributed by atoms with van der Waals surface area (Å²) in [6.45, 7) is 0. The van der Waals surface area contributed by atoms with Crippen LogP contribution in [0.2, 0.25) is 0 Å². The average molecular weight is 240 g/mol. The van der Waals surface area contributed by atoms with E-state index in [-0.39, 0.29) is 11.4 Å². The molecule has 0 unspecified atom stereocenters. The van der Waals surface area contributed by atoms with Crippen molar-refractivity contribution in [3.8, 4) is 11.3 Å². The molecule has 0 radical (unpaired) electrons. The highest BCUT2D eigenvalue weighted by molar-refractivity contribution is 5.90. The molecule has 3 N–H and O–H groups in total. The Labute approximate surface area is 103 Å². The van der Waals surface area contributed by atoms with Gasteiger partial charge < -0.3 is 10.7 Å². The molecule has 0 fully saturated rings. The molecule has 5 heteroatoms. The smallest absolute Gasteiger partial charge is 0.261 e. The largest absolute Gasteiger partial charge is 0.382 e. The van der Waals surface area contributed by atoms with Crippen LogP contribution in [0, 0.1) is 0 Å². The maximum Gasteiger partial charge on any atom is 0.261 e. The lowest BCUT2D eigenvalue weighted by Crippen LogP contribution is -2.08. The van der Waals surface area contributed by atoms with Gasteiger partial charge in [0.15, 0.2) is 5.82 Å². The molecular formula is C13H12N4O. The van der Waals surface area contributed by atoms with Crippen LogP contribution in [0.1, 0.15) is 0 Å². The summed E-state index contributed by atoms with van der Waals surface area (Å²) in [4.78, 5) is 14.8. The highest BCUT2D eigenvalue weighted by Gasteiger charge is 2.11. The van der Waals surface area contributed by atoms with Crippen molar-refractivity contribution in [1.82, 2.24) is 14.8 Å². The number of aromatic amines is 1. The third kappa shape index (κ3) is 1.48. The van der Waals surface area contributed by atoms with E-state index in [1.54, 1.807) is 11.7 Å². The molecule has 0 saturated carbocycles. The van der Waals surface area contributed by atoms with Crippen LogP contribution in [-0.4, -0.2) is 14.8 Å². The molecular weight excluding hydrogens is 228 g/mol. The Morgan fingerprint density at radius 1 is 1.28 bits per heavy atom. The fourth-order valence-corrected chi connectivity index (χ4v) is 2.09. The molecule has 0 bridgehead atoms. The maximum absolute atomic E-state index is 12.0. The van der Waals surface area contributed by atoms with Gasteiger partial charge in [0.25, 0.3) is 5.56 Å². The van der Waals surface area contributed by atoms with Crippen molar-refractivity contribution in [3.05, 3.63) is 46.8 Å². The first kappa shape index (κ1) is 10.6. The lowest BCUT2D eigenvalue weighted by Gasteiger charge is -2.02. The van der Waals surface area contributed by atoms with E-state index in [9.17, 15) is 4.79 Å². The predicted octanol–water partition coefficient (Wildman–Crippen LogP) is 1.51. The zero-order chi connectivity index (χ0) is 12.7. The Morgan fingerprint density at radius 3 is 2.72 bits per heavy atom. The molecule has 90 valence electrons. The standard InChI is InChI=1S/C13H12N4O/c1-17-10-7-9(8-5-3-2-4-6-8)15-13(18)11(10)12(14)16-17/h2-7H,1H3,(H2,14,16)(H,15,18). The number of fused-ring (bicyclic) bond motifs is 1. The number of aryl methyl sites for hydroxylation is 1. The van der Waals surface area contributed by atoms with Gasteiger partial charge in [0, 0.05) is 7.05 Å². The van der Waals surface area contributed by atoms with Gasteiger partial charge in [-0.25, -0.2) is 0 Å². The van der Waals surface area contributed by atoms with Crippen LogP contribution in [-0.2, 0) is 7.05 Å². The quantitative estimate of drug-likeness (QED) is 0.677. The van der Waals surface area contributed by atoms with E-state index in [1.165, 1.54) is 0 Å². The Kier molecular flexibility index (Phi) is 2.19. The summed E-state index contributed by atoms with van der Waals surface area (Å²) in [7, 11) is 1.77. The summed E-state index contributed by atoms with van der Waals surface area (Å²) in [5, 5.41) is 4.50. The second kappa shape index (κ2) is 3.73. The Balaban J connectivity index is 2.35. The lowest BCUT2D eigenvalue weighted by atomic mass is 10.1. The summed E-state index contributed by atoms with van der Waals surface area (Å²) >= 11 is 0. The topological polar surface area (TPSA) is 76.7 Å². The molecule has 3 aromatic rings. The molecule has 0 aliphatic rings. The van der Waals surface area contributed by atoms with E-state index in [2.05, 4.69) is 10.1 Å². The molecule has 0 spiro atoms. The Morgan fingerprint density at radius 2 is 2.00 bits per heavy atom. The average Bonchev–Trinajstić information content (AvgIpc) is 2.66. The monoisotopic (exact) mass is 240 g/mol. The highest BCUT2D eigenvalue weighted by atomic mass is 16.1. The second-order valence-corrected chi connectivity index (χ2v) is 4.15. The van der Waals surface area contributed by atoms with Crippen LogP contribution in [0.15, 0.2) is 41.2 Å². The van der Waals surface area contributed by atoms with Gasteiger partial charge in [-0.05, 0) is 11.6 Å². The van der Waals surface area contributed by atoms with Gasteiger partial charge in [-0.1, -0.05) is 30.3 Å². The molecule has 18 heavy (non-hydrogen) atoms. The molecule has 3 rings (SSSR count). The third-order valence-electron chi connectivity index (χ3n) is 2.96. The molecule has 0 aliphatic carbocycles. The number of rotatable bonds is 1. The first-order valence-electron chi connectivity index (χ1n) is 5.58.